The summed E-state index contributed by atoms with van der Waals surface area (Å²) in [5.74, 6) is -0.217. The van der Waals surface area contributed by atoms with E-state index < -0.39 is 0 Å². The van der Waals surface area contributed by atoms with Crippen molar-refractivity contribution in [2.45, 2.75) is 27.7 Å². The van der Waals surface area contributed by atoms with Gasteiger partial charge < -0.3 is 10.6 Å². The number of halogens is 2. The molecule has 0 saturated heterocycles. The average Bonchev–Trinajstić information content (AvgIpc) is 2.71. The lowest BCUT2D eigenvalue weighted by Crippen LogP contribution is -2.21. The van der Waals surface area contributed by atoms with Gasteiger partial charge in [0.15, 0.2) is 0 Å². The molecule has 2 rings (SSSR count). The molecule has 0 unspecified atom stereocenters. The molecule has 2 aromatic carbocycles. The van der Waals surface area contributed by atoms with Crippen molar-refractivity contribution >= 4 is 46.7 Å². The number of hydrogen-bond donors (Lipinski definition) is 2. The fourth-order valence-corrected chi connectivity index (χ4v) is 3.08. The van der Waals surface area contributed by atoms with E-state index in [0.717, 1.165) is 11.3 Å². The molecule has 6 heteroatoms. The summed E-state index contributed by atoms with van der Waals surface area (Å²) in [5.41, 5.74) is 4.07. The molecule has 0 atom stereocenters. The number of aliphatic imine (C=N–C) groups is 1. The molecule has 0 aliphatic rings. The molecule has 2 N–H and O–H groups in total. The molecular formula is C24H27Cl2N3O. The van der Waals surface area contributed by atoms with Crippen molar-refractivity contribution in [1.29, 1.82) is 0 Å². The number of carbonyl (C=O) groups excluding carboxylic acids is 1. The van der Waals surface area contributed by atoms with Gasteiger partial charge in [0.2, 0.25) is 0 Å². The summed E-state index contributed by atoms with van der Waals surface area (Å²) in [7, 11) is 0. The van der Waals surface area contributed by atoms with E-state index in [2.05, 4.69) is 28.8 Å². The van der Waals surface area contributed by atoms with Gasteiger partial charge in [-0.15, -0.1) is 0 Å². The molecule has 0 aromatic heterocycles. The van der Waals surface area contributed by atoms with Gasteiger partial charge in [0, 0.05) is 40.6 Å². The van der Waals surface area contributed by atoms with E-state index in [9.17, 15) is 4.79 Å². The molecule has 4 nitrogen and oxygen atoms in total. The third-order valence-corrected chi connectivity index (χ3v) is 4.44. The first kappa shape index (κ1) is 25.2. The first-order valence-electron chi connectivity index (χ1n) is 9.46. The number of aryl methyl sites for hydroxylation is 1. The highest BCUT2D eigenvalue weighted by atomic mass is 35.5. The van der Waals surface area contributed by atoms with Gasteiger partial charge in [-0.2, -0.15) is 0 Å². The number of allylic oxidation sites excluding steroid dienone is 2. The first-order valence-corrected chi connectivity index (χ1v) is 10.2. The van der Waals surface area contributed by atoms with Crippen molar-refractivity contribution in [2.75, 3.05) is 5.32 Å². The molecule has 0 fully saturated rings. The Morgan fingerprint density at radius 1 is 1.13 bits per heavy atom. The minimum atomic E-state index is -0.217. The van der Waals surface area contributed by atoms with Crippen LogP contribution in [0.25, 0.3) is 5.70 Å². The molecule has 0 aliphatic carbocycles. The van der Waals surface area contributed by atoms with Crippen LogP contribution in [0.1, 0.15) is 42.3 Å². The second-order valence-corrected chi connectivity index (χ2v) is 6.84. The van der Waals surface area contributed by atoms with E-state index in [1.165, 1.54) is 0 Å². The van der Waals surface area contributed by atoms with Crippen molar-refractivity contribution in [3.63, 3.8) is 0 Å². The van der Waals surface area contributed by atoms with Crippen LogP contribution >= 0.6 is 23.2 Å². The highest BCUT2D eigenvalue weighted by Gasteiger charge is 2.12. The van der Waals surface area contributed by atoms with E-state index in [1.54, 1.807) is 55.7 Å². The molecule has 0 spiro atoms. The van der Waals surface area contributed by atoms with Crippen molar-refractivity contribution < 1.29 is 4.79 Å². The van der Waals surface area contributed by atoms with Gasteiger partial charge in [-0.3, -0.25) is 9.79 Å². The van der Waals surface area contributed by atoms with Crippen LogP contribution in [-0.4, -0.2) is 12.1 Å². The summed E-state index contributed by atoms with van der Waals surface area (Å²) in [6, 6.07) is 10.6. The molecule has 1 amide bonds. The van der Waals surface area contributed by atoms with Gasteiger partial charge in [-0.05, 0) is 49.7 Å². The van der Waals surface area contributed by atoms with E-state index in [1.807, 2.05) is 26.8 Å². The molecule has 0 radical (unpaired) electrons. The SMILES string of the molecule is C=CC=N/C=C(\C)NC(=O)c1ccc(NC(=C)c2c(Cl)cccc2Cl)c(C)c1.CC. The monoisotopic (exact) mass is 443 g/mol. The normalized spacial score (nSPS) is 10.8. The van der Waals surface area contributed by atoms with Gasteiger partial charge in [0.25, 0.3) is 5.91 Å². The number of carbonyl (C=O) groups is 1. The minimum Gasteiger partial charge on any atom is -0.355 e. The topological polar surface area (TPSA) is 53.5 Å². The van der Waals surface area contributed by atoms with Gasteiger partial charge in [-0.25, -0.2) is 0 Å². The van der Waals surface area contributed by atoms with Crippen LogP contribution in [0, 0.1) is 6.92 Å². The Hall–Kier alpha value is -2.82. The van der Waals surface area contributed by atoms with E-state index >= 15 is 0 Å². The number of rotatable bonds is 7. The van der Waals surface area contributed by atoms with Crippen LogP contribution in [0.3, 0.4) is 0 Å². The lowest BCUT2D eigenvalue weighted by molar-refractivity contribution is 0.0966. The fourth-order valence-electron chi connectivity index (χ4n) is 2.46. The van der Waals surface area contributed by atoms with E-state index in [0.29, 0.717) is 32.6 Å². The number of amides is 1. The van der Waals surface area contributed by atoms with Gasteiger partial charge >= 0.3 is 0 Å². The van der Waals surface area contributed by atoms with E-state index in [4.69, 9.17) is 23.2 Å². The summed E-state index contributed by atoms with van der Waals surface area (Å²) < 4.78 is 0. The molecule has 0 saturated carbocycles. The zero-order valence-corrected chi connectivity index (χ0v) is 19.2. The summed E-state index contributed by atoms with van der Waals surface area (Å²) in [6.45, 7) is 15.2. The summed E-state index contributed by atoms with van der Waals surface area (Å²) >= 11 is 12.5. The number of anilines is 1. The number of benzene rings is 2. The van der Waals surface area contributed by atoms with Crippen molar-refractivity contribution in [1.82, 2.24) is 5.32 Å². The van der Waals surface area contributed by atoms with E-state index in [-0.39, 0.29) is 5.91 Å². The van der Waals surface area contributed by atoms with Gasteiger partial charge in [0.05, 0.1) is 10.0 Å². The highest BCUT2D eigenvalue weighted by Crippen LogP contribution is 2.31. The second kappa shape index (κ2) is 12.7. The predicted molar refractivity (Wildman–Crippen MR) is 132 cm³/mol. The Labute approximate surface area is 189 Å². The van der Waals surface area contributed by atoms with Gasteiger partial charge in [-0.1, -0.05) is 62.3 Å². The van der Waals surface area contributed by atoms with Crippen molar-refractivity contribution in [2.24, 2.45) is 4.99 Å². The van der Waals surface area contributed by atoms with Crippen molar-refractivity contribution in [3.05, 3.63) is 94.3 Å². The first-order chi connectivity index (χ1) is 14.3. The second-order valence-electron chi connectivity index (χ2n) is 6.03. The lowest BCUT2D eigenvalue weighted by atomic mass is 10.1. The zero-order valence-electron chi connectivity index (χ0n) is 17.7. The smallest absolute Gasteiger partial charge is 0.255 e. The third-order valence-electron chi connectivity index (χ3n) is 3.81. The van der Waals surface area contributed by atoms with Crippen LogP contribution in [0.5, 0.6) is 0 Å². The van der Waals surface area contributed by atoms with Crippen LogP contribution in [0.4, 0.5) is 5.69 Å². The van der Waals surface area contributed by atoms with Crippen LogP contribution < -0.4 is 10.6 Å². The van der Waals surface area contributed by atoms with Crippen LogP contribution in [0.2, 0.25) is 10.0 Å². The number of nitrogens with one attached hydrogen (secondary N) is 2. The molecule has 158 valence electrons. The molecule has 2 aromatic rings. The summed E-state index contributed by atoms with van der Waals surface area (Å²) in [4.78, 5) is 16.4. The standard InChI is InChI=1S/C22H21Cl2N3O.C2H6/c1-5-11-25-13-15(3)26-22(28)17-9-10-20(14(2)12-17)27-16(4)21-18(23)7-6-8-19(21)24;1-2/h5-13,27H,1,4H2,2-3H3,(H,26,28);1-2H3/b15-13+,25-11?;. The average molecular weight is 444 g/mol. The lowest BCUT2D eigenvalue weighted by Gasteiger charge is -2.15. The summed E-state index contributed by atoms with van der Waals surface area (Å²) in [5, 5.41) is 7.03. The van der Waals surface area contributed by atoms with Crippen LogP contribution in [0.15, 0.2) is 72.5 Å². The van der Waals surface area contributed by atoms with Crippen LogP contribution in [-0.2, 0) is 0 Å². The molecule has 0 heterocycles. The molecule has 0 bridgehead atoms. The van der Waals surface area contributed by atoms with Crippen molar-refractivity contribution in [3.8, 4) is 0 Å². The maximum absolute atomic E-state index is 12.4. The molecule has 0 aliphatic heterocycles. The zero-order chi connectivity index (χ0) is 22.7. The third kappa shape index (κ3) is 7.21. The largest absolute Gasteiger partial charge is 0.355 e. The Morgan fingerprint density at radius 2 is 1.77 bits per heavy atom. The number of nitrogens with zero attached hydrogens (tertiary/aromatic N) is 1. The predicted octanol–water partition coefficient (Wildman–Crippen LogP) is 7.26. The molecule has 30 heavy (non-hydrogen) atoms. The highest BCUT2D eigenvalue weighted by molar-refractivity contribution is 6.37. The number of hydrogen-bond acceptors (Lipinski definition) is 3. The minimum absolute atomic E-state index is 0.217. The maximum atomic E-state index is 12.4. The maximum Gasteiger partial charge on any atom is 0.255 e. The fraction of sp³-hybridized carbons (Fsp3) is 0.167. The summed E-state index contributed by atoms with van der Waals surface area (Å²) in [6.07, 6.45) is 4.66. The Balaban J connectivity index is 0.00000218. The quantitative estimate of drug-likeness (QED) is 0.442. The Kier molecular flexibility index (Phi) is 10.7. The Morgan fingerprint density at radius 3 is 2.33 bits per heavy atom. The van der Waals surface area contributed by atoms with Gasteiger partial charge in [0.1, 0.15) is 0 Å². The Bertz CT molecular complexity index is 958. The molecular weight excluding hydrogens is 417 g/mol.